The molecule has 0 heterocycles. The molecule has 0 aromatic heterocycles. The van der Waals surface area contributed by atoms with E-state index in [0.717, 1.165) is 0 Å². The van der Waals surface area contributed by atoms with Crippen molar-refractivity contribution in [2.45, 2.75) is 57.1 Å². The average molecular weight is 247 g/mol. The Morgan fingerprint density at radius 1 is 1.38 bits per heavy atom. The van der Waals surface area contributed by atoms with Crippen LogP contribution in [0, 0.1) is 5.92 Å². The van der Waals surface area contributed by atoms with Crippen LogP contribution in [-0.2, 0) is 9.53 Å². The molecule has 0 aliphatic rings. The lowest BCUT2D eigenvalue weighted by atomic mass is 9.98. The first kappa shape index (κ1) is 15.8. The number of hydrogen-bond acceptors (Lipinski definition) is 4. The van der Waals surface area contributed by atoms with Gasteiger partial charge >= 0.3 is 5.97 Å². The van der Waals surface area contributed by atoms with Crippen LogP contribution in [0.2, 0.25) is 0 Å². The smallest absolute Gasteiger partial charge is 0.325 e. The zero-order chi connectivity index (χ0) is 12.9. The van der Waals surface area contributed by atoms with Crippen molar-refractivity contribution in [1.29, 1.82) is 0 Å². The third kappa shape index (κ3) is 5.21. The van der Waals surface area contributed by atoms with E-state index < -0.39 is 5.54 Å². The highest BCUT2D eigenvalue weighted by atomic mass is 32.2. The van der Waals surface area contributed by atoms with E-state index in [2.05, 4.69) is 27.7 Å². The summed E-state index contributed by atoms with van der Waals surface area (Å²) in [5, 5.41) is 0.926. The topological polar surface area (TPSA) is 52.3 Å². The molecule has 0 saturated heterocycles. The van der Waals surface area contributed by atoms with Crippen LogP contribution >= 0.6 is 11.8 Å². The molecule has 96 valence electrons. The zero-order valence-corrected chi connectivity index (χ0v) is 12.1. The number of esters is 1. The normalized spacial score (nSPS) is 19.0. The fourth-order valence-corrected chi connectivity index (χ4v) is 2.97. The Bertz CT molecular complexity index is 229. The molecule has 0 fully saturated rings. The Morgan fingerprint density at radius 3 is 2.25 bits per heavy atom. The largest absolute Gasteiger partial charge is 0.468 e. The van der Waals surface area contributed by atoms with Crippen LogP contribution in [-0.4, -0.2) is 29.1 Å². The van der Waals surface area contributed by atoms with Crippen LogP contribution in [0.25, 0.3) is 0 Å². The van der Waals surface area contributed by atoms with Crippen molar-refractivity contribution in [2.24, 2.45) is 11.7 Å². The molecule has 0 rings (SSSR count). The zero-order valence-electron chi connectivity index (χ0n) is 11.2. The van der Waals surface area contributed by atoms with Gasteiger partial charge in [0.05, 0.1) is 7.11 Å². The molecule has 0 amide bonds. The number of carbonyl (C=O) groups excluding carboxylic acids is 1. The molecule has 3 unspecified atom stereocenters. The quantitative estimate of drug-likeness (QED) is 0.732. The van der Waals surface area contributed by atoms with Gasteiger partial charge in [0, 0.05) is 10.5 Å². The summed E-state index contributed by atoms with van der Waals surface area (Å²) in [6.07, 6.45) is 0.640. The van der Waals surface area contributed by atoms with Crippen LogP contribution in [0.5, 0.6) is 0 Å². The molecule has 0 aliphatic heterocycles. The molecule has 0 spiro atoms. The molecule has 3 nitrogen and oxygen atoms in total. The Kier molecular flexibility index (Phi) is 6.41. The summed E-state index contributed by atoms with van der Waals surface area (Å²) in [5.41, 5.74) is 5.06. The highest BCUT2D eigenvalue weighted by molar-refractivity contribution is 8.00. The van der Waals surface area contributed by atoms with Gasteiger partial charge in [-0.3, -0.25) is 4.79 Å². The van der Waals surface area contributed by atoms with E-state index in [-0.39, 0.29) is 5.97 Å². The Hall–Kier alpha value is -0.220. The molecule has 2 N–H and O–H groups in total. The van der Waals surface area contributed by atoms with E-state index in [1.165, 1.54) is 7.11 Å². The van der Waals surface area contributed by atoms with E-state index in [1.807, 2.05) is 11.8 Å². The maximum Gasteiger partial charge on any atom is 0.325 e. The number of carbonyl (C=O) groups is 1. The Balaban J connectivity index is 4.23. The van der Waals surface area contributed by atoms with Gasteiger partial charge in [-0.15, -0.1) is 0 Å². The van der Waals surface area contributed by atoms with Gasteiger partial charge in [-0.05, 0) is 19.3 Å². The van der Waals surface area contributed by atoms with E-state index >= 15 is 0 Å². The maximum absolute atomic E-state index is 11.4. The first-order valence-electron chi connectivity index (χ1n) is 5.73. The molecule has 0 radical (unpaired) electrons. The number of methoxy groups -OCH3 is 1. The number of ether oxygens (including phenoxy) is 1. The van der Waals surface area contributed by atoms with E-state index in [4.69, 9.17) is 10.5 Å². The summed E-state index contributed by atoms with van der Waals surface area (Å²) < 4.78 is 4.70. The number of nitrogens with two attached hydrogens (primary N) is 1. The van der Waals surface area contributed by atoms with Gasteiger partial charge in [0.1, 0.15) is 5.54 Å². The van der Waals surface area contributed by atoms with Crippen molar-refractivity contribution in [2.75, 3.05) is 7.11 Å². The summed E-state index contributed by atoms with van der Waals surface area (Å²) in [5.74, 6) is 0.298. The highest BCUT2D eigenvalue weighted by Gasteiger charge is 2.32. The number of thioether (sulfide) groups is 1. The lowest BCUT2D eigenvalue weighted by Crippen LogP contribution is -2.47. The monoisotopic (exact) mass is 247 g/mol. The molecular formula is C12H25NO2S. The third-order valence-corrected chi connectivity index (χ3v) is 4.35. The van der Waals surface area contributed by atoms with E-state index in [0.29, 0.717) is 22.8 Å². The first-order chi connectivity index (χ1) is 7.20. The summed E-state index contributed by atoms with van der Waals surface area (Å²) >= 11 is 1.87. The van der Waals surface area contributed by atoms with Crippen LogP contribution < -0.4 is 5.73 Å². The fourth-order valence-electron chi connectivity index (χ4n) is 1.49. The Labute approximate surface area is 103 Å². The van der Waals surface area contributed by atoms with Crippen molar-refractivity contribution >= 4 is 17.7 Å². The molecule has 0 aromatic rings. The van der Waals surface area contributed by atoms with Crippen molar-refractivity contribution in [1.82, 2.24) is 0 Å². The molecule has 0 aliphatic carbocycles. The minimum atomic E-state index is -0.877. The van der Waals surface area contributed by atoms with Gasteiger partial charge in [0.2, 0.25) is 0 Å². The molecule has 3 atom stereocenters. The first-order valence-corrected chi connectivity index (χ1v) is 6.67. The SMILES string of the molecule is COC(=O)C(C)(N)CC(C)SC(C)C(C)C. The molecule has 4 heteroatoms. The predicted octanol–water partition coefficient (Wildman–Crippen LogP) is 2.43. The Morgan fingerprint density at radius 2 is 1.88 bits per heavy atom. The van der Waals surface area contributed by atoms with Gasteiger partial charge in [-0.2, -0.15) is 11.8 Å². The predicted molar refractivity (Wildman–Crippen MR) is 70.6 cm³/mol. The molecule has 0 aromatic carbocycles. The molecule has 0 saturated carbocycles. The van der Waals surface area contributed by atoms with E-state index in [9.17, 15) is 4.79 Å². The van der Waals surface area contributed by atoms with Crippen LogP contribution in [0.15, 0.2) is 0 Å². The van der Waals surface area contributed by atoms with Gasteiger partial charge < -0.3 is 10.5 Å². The van der Waals surface area contributed by atoms with Crippen LogP contribution in [0.4, 0.5) is 0 Å². The standard InChI is InChI=1S/C12H25NO2S/c1-8(2)10(4)16-9(3)7-12(5,13)11(14)15-6/h8-10H,7,13H2,1-6H3. The van der Waals surface area contributed by atoms with Gasteiger partial charge in [-0.1, -0.05) is 27.7 Å². The van der Waals surface area contributed by atoms with Gasteiger partial charge in [0.25, 0.3) is 0 Å². The van der Waals surface area contributed by atoms with Crippen LogP contribution in [0.3, 0.4) is 0 Å². The van der Waals surface area contributed by atoms with Crippen molar-refractivity contribution in [3.05, 3.63) is 0 Å². The van der Waals surface area contributed by atoms with Crippen molar-refractivity contribution in [3.63, 3.8) is 0 Å². The maximum atomic E-state index is 11.4. The summed E-state index contributed by atoms with van der Waals surface area (Å²) in [6.45, 7) is 10.4. The second-order valence-electron chi connectivity index (χ2n) is 5.01. The lowest BCUT2D eigenvalue weighted by Gasteiger charge is -2.27. The molecule has 0 bridgehead atoms. The molecular weight excluding hydrogens is 222 g/mol. The van der Waals surface area contributed by atoms with Crippen molar-refractivity contribution < 1.29 is 9.53 Å². The summed E-state index contributed by atoms with van der Waals surface area (Å²) in [7, 11) is 1.38. The molecule has 16 heavy (non-hydrogen) atoms. The number of rotatable bonds is 6. The van der Waals surface area contributed by atoms with Crippen molar-refractivity contribution in [3.8, 4) is 0 Å². The summed E-state index contributed by atoms with van der Waals surface area (Å²) in [4.78, 5) is 11.4. The average Bonchev–Trinajstić information content (AvgIpc) is 2.14. The minimum Gasteiger partial charge on any atom is -0.468 e. The fraction of sp³-hybridized carbons (Fsp3) is 0.917. The van der Waals surface area contributed by atoms with E-state index in [1.54, 1.807) is 6.92 Å². The second-order valence-corrected chi connectivity index (χ2v) is 6.83. The lowest BCUT2D eigenvalue weighted by molar-refractivity contribution is -0.146. The number of hydrogen-bond donors (Lipinski definition) is 1. The summed E-state index contributed by atoms with van der Waals surface area (Å²) in [6, 6.07) is 0. The minimum absolute atomic E-state index is 0.336. The van der Waals surface area contributed by atoms with Gasteiger partial charge in [-0.25, -0.2) is 0 Å². The second kappa shape index (κ2) is 6.50. The highest BCUT2D eigenvalue weighted by Crippen LogP contribution is 2.28. The third-order valence-electron chi connectivity index (χ3n) is 2.75. The van der Waals surface area contributed by atoms with Crippen LogP contribution in [0.1, 0.15) is 41.0 Å². The van der Waals surface area contributed by atoms with Gasteiger partial charge in [0.15, 0.2) is 0 Å².